The first-order chi connectivity index (χ1) is 11.8. The highest BCUT2D eigenvalue weighted by atomic mass is 16.5. The minimum absolute atomic E-state index is 0.0632. The third-order valence-electron chi connectivity index (χ3n) is 3.33. The van der Waals surface area contributed by atoms with E-state index in [0.29, 0.717) is 0 Å². The third-order valence-corrected chi connectivity index (χ3v) is 3.33. The van der Waals surface area contributed by atoms with Gasteiger partial charge in [0.05, 0.1) is 12.5 Å². The largest absolute Gasteiger partial charge is 0.457 e. The first-order valence-corrected chi connectivity index (χ1v) is 7.38. The minimum Gasteiger partial charge on any atom is -0.457 e. The van der Waals surface area contributed by atoms with Crippen molar-refractivity contribution in [1.29, 1.82) is 0 Å². The van der Waals surface area contributed by atoms with E-state index >= 15 is 0 Å². The van der Waals surface area contributed by atoms with E-state index < -0.39 is 18.0 Å². The standard InChI is InChI=1S/C15H19N7O3/c1-8-4-2-3-5-9(8)10(19-15(18)24)6-12(23)25-7-11-20-13(16)22-14(17)21-11/h2-5,10H,6-7H2,1H3,(H3,18,19,24)(H4,16,17,20,21,22). The van der Waals surface area contributed by atoms with E-state index in [2.05, 4.69) is 20.3 Å². The summed E-state index contributed by atoms with van der Waals surface area (Å²) in [6.07, 6.45) is -0.107. The molecule has 1 atom stereocenters. The Morgan fingerprint density at radius 3 is 2.40 bits per heavy atom. The monoisotopic (exact) mass is 345 g/mol. The topological polar surface area (TPSA) is 172 Å². The lowest BCUT2D eigenvalue weighted by Crippen LogP contribution is -2.35. The highest BCUT2D eigenvalue weighted by Crippen LogP contribution is 2.21. The van der Waals surface area contributed by atoms with Gasteiger partial charge in [0.15, 0.2) is 12.4 Å². The van der Waals surface area contributed by atoms with Gasteiger partial charge in [0.25, 0.3) is 0 Å². The fraction of sp³-hybridized carbons (Fsp3) is 0.267. The number of amides is 2. The first-order valence-electron chi connectivity index (χ1n) is 7.38. The van der Waals surface area contributed by atoms with Gasteiger partial charge >= 0.3 is 12.0 Å². The summed E-state index contributed by atoms with van der Waals surface area (Å²) in [5.74, 6) is -0.563. The van der Waals surface area contributed by atoms with E-state index in [9.17, 15) is 9.59 Å². The van der Waals surface area contributed by atoms with Crippen LogP contribution in [-0.4, -0.2) is 27.0 Å². The number of esters is 1. The van der Waals surface area contributed by atoms with Gasteiger partial charge in [-0.25, -0.2) is 4.79 Å². The molecule has 132 valence electrons. The van der Waals surface area contributed by atoms with Crippen molar-refractivity contribution in [2.45, 2.75) is 26.0 Å². The minimum atomic E-state index is -0.737. The number of aromatic nitrogens is 3. The Bertz CT molecular complexity index is 761. The average Bonchev–Trinajstić information content (AvgIpc) is 2.51. The van der Waals surface area contributed by atoms with E-state index in [1.165, 1.54) is 0 Å². The summed E-state index contributed by atoms with van der Waals surface area (Å²) in [5, 5.41) is 2.54. The number of hydrogen-bond acceptors (Lipinski definition) is 8. The molecule has 1 aromatic carbocycles. The highest BCUT2D eigenvalue weighted by molar-refractivity contribution is 5.75. The van der Waals surface area contributed by atoms with E-state index in [-0.39, 0.29) is 30.7 Å². The molecular formula is C15H19N7O3. The number of primary amides is 1. The number of nitrogen functional groups attached to an aromatic ring is 2. The van der Waals surface area contributed by atoms with Gasteiger partial charge in [-0.05, 0) is 18.1 Å². The molecule has 0 spiro atoms. The van der Waals surface area contributed by atoms with Crippen LogP contribution in [0.1, 0.15) is 29.4 Å². The number of hydrogen-bond donors (Lipinski definition) is 4. The molecule has 2 amide bonds. The number of nitrogens with zero attached hydrogens (tertiary/aromatic N) is 3. The van der Waals surface area contributed by atoms with Gasteiger partial charge in [-0.15, -0.1) is 0 Å². The molecule has 7 N–H and O–H groups in total. The lowest BCUT2D eigenvalue weighted by Gasteiger charge is -2.19. The molecule has 1 aromatic heterocycles. The van der Waals surface area contributed by atoms with Crippen molar-refractivity contribution in [2.75, 3.05) is 11.5 Å². The van der Waals surface area contributed by atoms with Crippen molar-refractivity contribution in [2.24, 2.45) is 5.73 Å². The Morgan fingerprint density at radius 1 is 1.16 bits per heavy atom. The molecule has 0 aliphatic rings. The van der Waals surface area contributed by atoms with Crippen LogP contribution in [0.5, 0.6) is 0 Å². The van der Waals surface area contributed by atoms with E-state index in [1.54, 1.807) is 12.1 Å². The van der Waals surface area contributed by atoms with Gasteiger partial charge in [0, 0.05) is 0 Å². The summed E-state index contributed by atoms with van der Waals surface area (Å²) in [7, 11) is 0. The van der Waals surface area contributed by atoms with Crippen LogP contribution in [0, 0.1) is 6.92 Å². The van der Waals surface area contributed by atoms with Crippen molar-refractivity contribution in [3.8, 4) is 0 Å². The Morgan fingerprint density at radius 2 is 1.80 bits per heavy atom. The number of carbonyl (C=O) groups is 2. The Labute approximate surface area is 143 Å². The number of urea groups is 1. The van der Waals surface area contributed by atoms with Crippen LogP contribution in [0.4, 0.5) is 16.7 Å². The maximum atomic E-state index is 12.1. The Hall–Kier alpha value is -3.43. The predicted molar refractivity (Wildman–Crippen MR) is 89.7 cm³/mol. The summed E-state index contributed by atoms with van der Waals surface area (Å²) in [5.41, 5.74) is 17.8. The fourth-order valence-corrected chi connectivity index (χ4v) is 2.28. The zero-order chi connectivity index (χ0) is 18.4. The molecular weight excluding hydrogens is 326 g/mol. The average molecular weight is 345 g/mol. The van der Waals surface area contributed by atoms with Gasteiger partial charge in [0.1, 0.15) is 0 Å². The smallest absolute Gasteiger partial charge is 0.312 e. The molecule has 0 saturated carbocycles. The van der Waals surface area contributed by atoms with Gasteiger partial charge in [-0.1, -0.05) is 24.3 Å². The molecule has 0 saturated heterocycles. The molecule has 0 bridgehead atoms. The maximum absolute atomic E-state index is 12.1. The quantitative estimate of drug-likeness (QED) is 0.537. The summed E-state index contributed by atoms with van der Waals surface area (Å²) in [6.45, 7) is 1.65. The van der Waals surface area contributed by atoms with Gasteiger partial charge < -0.3 is 27.3 Å². The summed E-state index contributed by atoms with van der Waals surface area (Å²) in [6, 6.07) is 5.98. The zero-order valence-electron chi connectivity index (χ0n) is 13.6. The molecule has 25 heavy (non-hydrogen) atoms. The number of rotatable bonds is 6. The number of nitrogens with one attached hydrogen (secondary N) is 1. The summed E-state index contributed by atoms with van der Waals surface area (Å²) >= 11 is 0. The van der Waals surface area contributed by atoms with Crippen molar-refractivity contribution in [1.82, 2.24) is 20.3 Å². The van der Waals surface area contributed by atoms with Crippen molar-refractivity contribution < 1.29 is 14.3 Å². The van der Waals surface area contributed by atoms with Crippen molar-refractivity contribution in [3.05, 3.63) is 41.2 Å². The number of carbonyl (C=O) groups excluding carboxylic acids is 2. The van der Waals surface area contributed by atoms with Gasteiger partial charge in [-0.2, -0.15) is 15.0 Å². The van der Waals surface area contributed by atoms with Crippen LogP contribution in [0.2, 0.25) is 0 Å². The van der Waals surface area contributed by atoms with E-state index in [1.807, 2.05) is 19.1 Å². The molecule has 0 aliphatic heterocycles. The molecule has 0 fully saturated rings. The van der Waals surface area contributed by atoms with Gasteiger partial charge in [-0.3, -0.25) is 4.79 Å². The molecule has 0 radical (unpaired) electrons. The predicted octanol–water partition coefficient (Wildman–Crippen LogP) is 0.187. The summed E-state index contributed by atoms with van der Waals surface area (Å²) < 4.78 is 5.12. The molecule has 2 rings (SSSR count). The molecule has 1 heterocycles. The van der Waals surface area contributed by atoms with Crippen molar-refractivity contribution >= 4 is 23.9 Å². The Balaban J connectivity index is 2.04. The molecule has 10 nitrogen and oxygen atoms in total. The SMILES string of the molecule is Cc1ccccc1C(CC(=O)OCc1nc(N)nc(N)n1)NC(N)=O. The molecule has 0 aliphatic carbocycles. The third kappa shape index (κ3) is 5.30. The lowest BCUT2D eigenvalue weighted by atomic mass is 9.99. The van der Waals surface area contributed by atoms with Crippen LogP contribution in [0.3, 0.4) is 0 Å². The second-order valence-electron chi connectivity index (χ2n) is 5.25. The van der Waals surface area contributed by atoms with Crippen LogP contribution >= 0.6 is 0 Å². The second kappa shape index (κ2) is 7.90. The first kappa shape index (κ1) is 17.9. The van der Waals surface area contributed by atoms with Crippen LogP contribution in [0.15, 0.2) is 24.3 Å². The Kier molecular flexibility index (Phi) is 5.66. The maximum Gasteiger partial charge on any atom is 0.312 e. The highest BCUT2D eigenvalue weighted by Gasteiger charge is 2.20. The van der Waals surface area contributed by atoms with Crippen LogP contribution < -0.4 is 22.5 Å². The summed E-state index contributed by atoms with van der Waals surface area (Å²) in [4.78, 5) is 34.6. The fourth-order valence-electron chi connectivity index (χ4n) is 2.28. The molecule has 10 heteroatoms. The number of nitrogens with two attached hydrogens (primary N) is 3. The second-order valence-corrected chi connectivity index (χ2v) is 5.25. The van der Waals surface area contributed by atoms with Crippen molar-refractivity contribution in [3.63, 3.8) is 0 Å². The normalized spacial score (nSPS) is 11.6. The van der Waals surface area contributed by atoms with Gasteiger partial charge in [0.2, 0.25) is 11.9 Å². The number of anilines is 2. The van der Waals surface area contributed by atoms with Crippen LogP contribution in [0.25, 0.3) is 0 Å². The zero-order valence-corrected chi connectivity index (χ0v) is 13.6. The number of aryl methyl sites for hydroxylation is 1. The van der Waals surface area contributed by atoms with E-state index in [0.717, 1.165) is 11.1 Å². The number of benzene rings is 1. The van der Waals surface area contributed by atoms with Crippen LogP contribution in [-0.2, 0) is 16.1 Å². The molecule has 2 aromatic rings. The molecule has 1 unspecified atom stereocenters. The van der Waals surface area contributed by atoms with E-state index in [4.69, 9.17) is 21.9 Å². The number of ether oxygens (including phenoxy) is 1. The lowest BCUT2D eigenvalue weighted by molar-refractivity contribution is -0.145.